The molecule has 2 N–H and O–H groups in total. The Labute approximate surface area is 186 Å². The highest BCUT2D eigenvalue weighted by Crippen LogP contribution is 2.21. The van der Waals surface area contributed by atoms with Gasteiger partial charge in [-0.15, -0.1) is 0 Å². The SMILES string of the molecule is CN=C(NCc1nc(-c2cccc(Cl)c2)no1)NCc1ccc(C)cc1OCCOC. The first-order chi connectivity index (χ1) is 15.1. The number of halogens is 1. The molecule has 0 fully saturated rings. The normalized spacial score (nSPS) is 11.4. The van der Waals surface area contributed by atoms with Crippen molar-refractivity contribution in [3.05, 3.63) is 64.5 Å². The number of aliphatic imine (C=N–C) groups is 1. The topological polar surface area (TPSA) is 93.8 Å². The highest BCUT2D eigenvalue weighted by molar-refractivity contribution is 6.30. The largest absolute Gasteiger partial charge is 0.491 e. The molecule has 31 heavy (non-hydrogen) atoms. The van der Waals surface area contributed by atoms with E-state index in [1.165, 1.54) is 0 Å². The minimum absolute atomic E-state index is 0.332. The molecule has 8 nitrogen and oxygen atoms in total. The molecule has 0 radical (unpaired) electrons. The van der Waals surface area contributed by atoms with E-state index in [9.17, 15) is 0 Å². The van der Waals surface area contributed by atoms with Crippen molar-refractivity contribution in [2.45, 2.75) is 20.0 Å². The lowest BCUT2D eigenvalue weighted by molar-refractivity contribution is 0.145. The first-order valence-corrected chi connectivity index (χ1v) is 10.2. The van der Waals surface area contributed by atoms with Crippen LogP contribution in [0.4, 0.5) is 0 Å². The van der Waals surface area contributed by atoms with Gasteiger partial charge in [-0.2, -0.15) is 4.98 Å². The van der Waals surface area contributed by atoms with E-state index in [-0.39, 0.29) is 0 Å². The van der Waals surface area contributed by atoms with Gasteiger partial charge in [0.15, 0.2) is 5.96 Å². The molecule has 0 bridgehead atoms. The van der Waals surface area contributed by atoms with Crippen LogP contribution in [0.5, 0.6) is 5.75 Å². The lowest BCUT2D eigenvalue weighted by atomic mass is 10.1. The lowest BCUT2D eigenvalue weighted by Crippen LogP contribution is -2.36. The molecule has 0 unspecified atom stereocenters. The summed E-state index contributed by atoms with van der Waals surface area (Å²) in [5, 5.41) is 11.1. The van der Waals surface area contributed by atoms with Crippen molar-refractivity contribution in [3.8, 4) is 17.1 Å². The second kappa shape index (κ2) is 11.3. The van der Waals surface area contributed by atoms with E-state index in [4.69, 9.17) is 25.6 Å². The van der Waals surface area contributed by atoms with E-state index in [1.807, 2.05) is 37.3 Å². The summed E-state index contributed by atoms with van der Waals surface area (Å²) in [7, 11) is 3.35. The average molecular weight is 444 g/mol. The van der Waals surface area contributed by atoms with Crippen molar-refractivity contribution in [2.24, 2.45) is 4.99 Å². The molecule has 3 rings (SSSR count). The summed E-state index contributed by atoms with van der Waals surface area (Å²) in [5.41, 5.74) is 2.95. The molecule has 1 heterocycles. The minimum Gasteiger partial charge on any atom is -0.491 e. The maximum absolute atomic E-state index is 6.03. The predicted molar refractivity (Wildman–Crippen MR) is 120 cm³/mol. The molecule has 1 aromatic heterocycles. The molecule has 0 saturated heterocycles. The van der Waals surface area contributed by atoms with Crippen LogP contribution < -0.4 is 15.4 Å². The van der Waals surface area contributed by atoms with Crippen LogP contribution in [0.2, 0.25) is 5.02 Å². The molecule has 9 heteroatoms. The number of hydrogen-bond donors (Lipinski definition) is 2. The average Bonchev–Trinajstić information content (AvgIpc) is 3.24. The monoisotopic (exact) mass is 443 g/mol. The third kappa shape index (κ3) is 6.70. The Balaban J connectivity index is 1.56. The maximum Gasteiger partial charge on any atom is 0.246 e. The van der Waals surface area contributed by atoms with Gasteiger partial charge in [0, 0.05) is 36.9 Å². The van der Waals surface area contributed by atoms with Crippen molar-refractivity contribution in [1.29, 1.82) is 0 Å². The molecule has 164 valence electrons. The van der Waals surface area contributed by atoms with E-state index in [2.05, 4.69) is 25.8 Å². The fourth-order valence-corrected chi connectivity index (χ4v) is 3.00. The molecule has 0 amide bonds. The third-order valence-electron chi connectivity index (χ3n) is 4.40. The minimum atomic E-state index is 0.332. The van der Waals surface area contributed by atoms with Crippen molar-refractivity contribution < 1.29 is 14.0 Å². The number of nitrogens with one attached hydrogen (secondary N) is 2. The summed E-state index contributed by atoms with van der Waals surface area (Å²) in [4.78, 5) is 8.64. The molecule has 0 spiro atoms. The summed E-state index contributed by atoms with van der Waals surface area (Å²) in [6.45, 7) is 3.93. The van der Waals surface area contributed by atoms with Gasteiger partial charge < -0.3 is 24.6 Å². The van der Waals surface area contributed by atoms with Gasteiger partial charge in [-0.1, -0.05) is 41.0 Å². The van der Waals surface area contributed by atoms with Gasteiger partial charge >= 0.3 is 0 Å². The molecular weight excluding hydrogens is 418 g/mol. The van der Waals surface area contributed by atoms with Crippen LogP contribution in [0.3, 0.4) is 0 Å². The second-order valence-corrected chi connectivity index (χ2v) is 7.19. The van der Waals surface area contributed by atoms with Crippen molar-refractivity contribution in [1.82, 2.24) is 20.8 Å². The summed E-state index contributed by atoms with van der Waals surface area (Å²) >= 11 is 6.03. The molecular formula is C22H26ClN5O3. The Bertz CT molecular complexity index is 1020. The van der Waals surface area contributed by atoms with Gasteiger partial charge in [-0.3, -0.25) is 4.99 Å². The summed E-state index contributed by atoms with van der Waals surface area (Å²) < 4.78 is 16.2. The smallest absolute Gasteiger partial charge is 0.246 e. The zero-order valence-electron chi connectivity index (χ0n) is 17.8. The number of hydrogen-bond acceptors (Lipinski definition) is 6. The van der Waals surface area contributed by atoms with Crippen LogP contribution in [-0.2, 0) is 17.8 Å². The Morgan fingerprint density at radius 2 is 1.97 bits per heavy atom. The van der Waals surface area contributed by atoms with E-state index < -0.39 is 0 Å². The van der Waals surface area contributed by atoms with Crippen LogP contribution >= 0.6 is 11.6 Å². The number of aromatic nitrogens is 2. The van der Waals surface area contributed by atoms with Crippen LogP contribution in [-0.4, -0.2) is 43.5 Å². The van der Waals surface area contributed by atoms with Gasteiger partial charge in [0.05, 0.1) is 13.2 Å². The summed E-state index contributed by atoms with van der Waals surface area (Å²) in [6.07, 6.45) is 0. The third-order valence-corrected chi connectivity index (χ3v) is 4.63. The Kier molecular flexibility index (Phi) is 8.26. The number of methoxy groups -OCH3 is 1. The fourth-order valence-electron chi connectivity index (χ4n) is 2.81. The van der Waals surface area contributed by atoms with Crippen LogP contribution in [0.25, 0.3) is 11.4 Å². The molecule has 3 aromatic rings. The number of rotatable bonds is 9. The van der Waals surface area contributed by atoms with Gasteiger partial charge in [-0.25, -0.2) is 0 Å². The van der Waals surface area contributed by atoms with Crippen LogP contribution in [0, 0.1) is 6.92 Å². The van der Waals surface area contributed by atoms with Gasteiger partial charge in [0.1, 0.15) is 12.4 Å². The summed E-state index contributed by atoms with van der Waals surface area (Å²) in [5.74, 6) is 2.35. The first kappa shape index (κ1) is 22.6. The first-order valence-electron chi connectivity index (χ1n) is 9.83. The molecule has 0 atom stereocenters. The number of nitrogens with zero attached hydrogens (tertiary/aromatic N) is 3. The lowest BCUT2D eigenvalue weighted by Gasteiger charge is -2.15. The van der Waals surface area contributed by atoms with E-state index >= 15 is 0 Å². The number of ether oxygens (including phenoxy) is 2. The maximum atomic E-state index is 6.03. The quantitative estimate of drug-likeness (QED) is 0.296. The van der Waals surface area contributed by atoms with Crippen molar-refractivity contribution in [2.75, 3.05) is 27.4 Å². The predicted octanol–water partition coefficient (Wildman–Crippen LogP) is 3.59. The standard InChI is InChI=1S/C22H26ClN5O3/c1-15-7-8-17(19(11-15)30-10-9-29-3)13-25-22(24-2)26-14-20-27-21(28-31-20)16-5-4-6-18(23)12-16/h4-8,11-12H,9-10,13-14H2,1-3H3,(H2,24,25,26). The van der Waals surface area contributed by atoms with E-state index in [0.29, 0.717) is 49.0 Å². The van der Waals surface area contributed by atoms with E-state index in [0.717, 1.165) is 22.4 Å². The van der Waals surface area contributed by atoms with Crippen LogP contribution in [0.1, 0.15) is 17.0 Å². The number of benzene rings is 2. The molecule has 0 aliphatic rings. The molecule has 2 aromatic carbocycles. The van der Waals surface area contributed by atoms with Crippen molar-refractivity contribution >= 4 is 17.6 Å². The van der Waals surface area contributed by atoms with Gasteiger partial charge in [0.2, 0.25) is 11.7 Å². The highest BCUT2D eigenvalue weighted by atomic mass is 35.5. The van der Waals surface area contributed by atoms with Crippen molar-refractivity contribution in [3.63, 3.8) is 0 Å². The Morgan fingerprint density at radius 1 is 1.13 bits per heavy atom. The highest BCUT2D eigenvalue weighted by Gasteiger charge is 2.10. The van der Waals surface area contributed by atoms with Crippen LogP contribution in [0.15, 0.2) is 52.0 Å². The molecule has 0 aliphatic carbocycles. The molecule has 0 saturated carbocycles. The zero-order valence-corrected chi connectivity index (χ0v) is 18.6. The fraction of sp³-hybridized carbons (Fsp3) is 0.318. The number of aryl methyl sites for hydroxylation is 1. The second-order valence-electron chi connectivity index (χ2n) is 6.75. The molecule has 0 aliphatic heterocycles. The zero-order chi connectivity index (χ0) is 22.1. The van der Waals surface area contributed by atoms with Gasteiger partial charge in [0.25, 0.3) is 0 Å². The van der Waals surface area contributed by atoms with Gasteiger partial charge in [-0.05, 0) is 30.7 Å². The number of guanidine groups is 1. The van der Waals surface area contributed by atoms with E-state index in [1.54, 1.807) is 26.3 Å². The summed E-state index contributed by atoms with van der Waals surface area (Å²) in [6, 6.07) is 13.4. The Morgan fingerprint density at radius 3 is 2.74 bits per heavy atom. The Hall–Kier alpha value is -3.10.